The Labute approximate surface area is 177 Å². The second-order valence-electron chi connectivity index (χ2n) is 7.28. The van der Waals surface area contributed by atoms with Crippen molar-refractivity contribution in [3.05, 3.63) is 22.8 Å². The fourth-order valence-electron chi connectivity index (χ4n) is 2.71. The SMILES string of the molecule is CCCCCCCCCCCCC(=CS)C(=O)OC=C(C)C(=O)OCCCC. The highest BCUT2D eigenvalue weighted by Crippen LogP contribution is 2.15. The van der Waals surface area contributed by atoms with Gasteiger partial charge in [0.1, 0.15) is 6.26 Å². The van der Waals surface area contributed by atoms with Crippen LogP contribution in [-0.4, -0.2) is 18.5 Å². The molecule has 0 heterocycles. The van der Waals surface area contributed by atoms with Crippen LogP contribution in [0.3, 0.4) is 0 Å². The standard InChI is InChI=1S/C23H40O4S/c1-4-6-8-9-10-11-12-13-14-15-16-21(19-28)23(25)27-18-20(3)22(24)26-17-7-5-2/h18-19,28H,4-17H2,1-3H3. The molecule has 0 radical (unpaired) electrons. The summed E-state index contributed by atoms with van der Waals surface area (Å²) in [5.74, 6) is -0.904. The minimum atomic E-state index is -0.452. The van der Waals surface area contributed by atoms with E-state index in [2.05, 4.69) is 19.6 Å². The average Bonchev–Trinajstić information content (AvgIpc) is 2.70. The number of carbonyl (C=O) groups is 2. The van der Waals surface area contributed by atoms with Gasteiger partial charge in [-0.2, -0.15) is 12.6 Å². The smallest absolute Gasteiger partial charge is 0.339 e. The number of unbranched alkanes of at least 4 members (excludes halogenated alkanes) is 10. The van der Waals surface area contributed by atoms with Gasteiger partial charge in [0, 0.05) is 5.57 Å². The van der Waals surface area contributed by atoms with Crippen molar-refractivity contribution in [2.24, 2.45) is 0 Å². The van der Waals surface area contributed by atoms with Gasteiger partial charge in [0.25, 0.3) is 0 Å². The lowest BCUT2D eigenvalue weighted by atomic mass is 10.0. The fraction of sp³-hybridized carbons (Fsp3) is 0.739. The summed E-state index contributed by atoms with van der Waals surface area (Å²) in [6, 6.07) is 0. The Morgan fingerprint density at radius 1 is 0.786 bits per heavy atom. The maximum Gasteiger partial charge on any atom is 0.339 e. The Morgan fingerprint density at radius 3 is 1.86 bits per heavy atom. The molecule has 0 N–H and O–H groups in total. The Kier molecular flexibility index (Phi) is 18.3. The molecule has 0 saturated carbocycles. The van der Waals surface area contributed by atoms with E-state index in [1.54, 1.807) is 6.92 Å². The van der Waals surface area contributed by atoms with Crippen LogP contribution in [0.2, 0.25) is 0 Å². The molecule has 0 aliphatic heterocycles. The zero-order valence-corrected chi connectivity index (χ0v) is 19.0. The van der Waals surface area contributed by atoms with Gasteiger partial charge in [0.2, 0.25) is 0 Å². The van der Waals surface area contributed by atoms with E-state index in [4.69, 9.17) is 9.47 Å². The van der Waals surface area contributed by atoms with Gasteiger partial charge in [-0.25, -0.2) is 9.59 Å². The van der Waals surface area contributed by atoms with Crippen molar-refractivity contribution in [3.63, 3.8) is 0 Å². The van der Waals surface area contributed by atoms with Crippen molar-refractivity contribution in [2.45, 2.75) is 104 Å². The Balaban J connectivity index is 3.95. The van der Waals surface area contributed by atoms with E-state index in [0.717, 1.165) is 25.7 Å². The molecule has 5 heteroatoms. The summed E-state index contributed by atoms with van der Waals surface area (Å²) in [6.45, 7) is 6.23. The first-order chi connectivity index (χ1) is 13.6. The maximum atomic E-state index is 12.1. The molecular formula is C23H40O4S. The van der Waals surface area contributed by atoms with Gasteiger partial charge in [0.05, 0.1) is 12.2 Å². The molecule has 0 bridgehead atoms. The number of ether oxygens (including phenoxy) is 2. The van der Waals surface area contributed by atoms with E-state index in [-0.39, 0.29) is 5.57 Å². The van der Waals surface area contributed by atoms with Crippen molar-refractivity contribution in [1.29, 1.82) is 0 Å². The Bertz CT molecular complexity index is 483. The minimum Gasteiger partial charge on any atom is -0.462 e. The van der Waals surface area contributed by atoms with Crippen LogP contribution in [0.5, 0.6) is 0 Å². The van der Waals surface area contributed by atoms with Gasteiger partial charge in [0.15, 0.2) is 0 Å². The normalized spacial score (nSPS) is 12.1. The van der Waals surface area contributed by atoms with E-state index in [1.807, 2.05) is 6.92 Å². The van der Waals surface area contributed by atoms with Crippen LogP contribution in [0.4, 0.5) is 0 Å². The molecule has 28 heavy (non-hydrogen) atoms. The summed E-state index contributed by atoms with van der Waals surface area (Å²) in [4.78, 5) is 23.8. The van der Waals surface area contributed by atoms with Crippen molar-refractivity contribution in [3.8, 4) is 0 Å². The summed E-state index contributed by atoms with van der Waals surface area (Å²) in [7, 11) is 0. The van der Waals surface area contributed by atoms with Gasteiger partial charge < -0.3 is 9.47 Å². The fourth-order valence-corrected chi connectivity index (χ4v) is 2.95. The molecule has 0 atom stereocenters. The third-order valence-corrected chi connectivity index (χ3v) is 4.93. The number of rotatable bonds is 17. The quantitative estimate of drug-likeness (QED) is 0.0928. The van der Waals surface area contributed by atoms with E-state index < -0.39 is 11.9 Å². The van der Waals surface area contributed by atoms with Crippen LogP contribution >= 0.6 is 12.6 Å². The summed E-state index contributed by atoms with van der Waals surface area (Å²) < 4.78 is 10.2. The topological polar surface area (TPSA) is 52.6 Å². The van der Waals surface area contributed by atoms with E-state index in [1.165, 1.54) is 63.0 Å². The summed E-state index contributed by atoms with van der Waals surface area (Å²) in [5, 5.41) is 1.50. The van der Waals surface area contributed by atoms with Gasteiger partial charge in [-0.3, -0.25) is 0 Å². The molecule has 0 aromatic heterocycles. The summed E-state index contributed by atoms with van der Waals surface area (Å²) in [5.41, 5.74) is 0.813. The highest BCUT2D eigenvalue weighted by atomic mass is 32.1. The molecular weight excluding hydrogens is 372 g/mol. The molecule has 0 rings (SSSR count). The van der Waals surface area contributed by atoms with Crippen LogP contribution in [0, 0.1) is 0 Å². The lowest BCUT2D eigenvalue weighted by Gasteiger charge is -2.07. The van der Waals surface area contributed by atoms with Crippen molar-refractivity contribution in [2.75, 3.05) is 6.61 Å². The van der Waals surface area contributed by atoms with Gasteiger partial charge in [-0.05, 0) is 31.6 Å². The number of hydrogen-bond donors (Lipinski definition) is 1. The lowest BCUT2D eigenvalue weighted by molar-refractivity contribution is -0.139. The van der Waals surface area contributed by atoms with Gasteiger partial charge in [-0.15, -0.1) is 0 Å². The number of esters is 2. The molecule has 0 fully saturated rings. The zero-order chi connectivity index (χ0) is 21.0. The Hall–Kier alpha value is -1.23. The minimum absolute atomic E-state index is 0.280. The Morgan fingerprint density at radius 2 is 1.32 bits per heavy atom. The van der Waals surface area contributed by atoms with Crippen molar-refractivity contribution < 1.29 is 19.1 Å². The summed E-state index contributed by atoms with van der Waals surface area (Å²) >= 11 is 4.12. The number of thiol groups is 1. The number of carbonyl (C=O) groups excluding carboxylic acids is 2. The van der Waals surface area contributed by atoms with Crippen molar-refractivity contribution >= 4 is 24.6 Å². The van der Waals surface area contributed by atoms with Gasteiger partial charge in [-0.1, -0.05) is 78.1 Å². The molecule has 0 unspecified atom stereocenters. The maximum absolute atomic E-state index is 12.1. The molecule has 0 spiro atoms. The molecule has 0 aromatic rings. The van der Waals surface area contributed by atoms with Crippen molar-refractivity contribution in [1.82, 2.24) is 0 Å². The largest absolute Gasteiger partial charge is 0.462 e. The first kappa shape index (κ1) is 26.8. The van der Waals surface area contributed by atoms with E-state index in [0.29, 0.717) is 18.6 Å². The van der Waals surface area contributed by atoms with Crippen LogP contribution < -0.4 is 0 Å². The van der Waals surface area contributed by atoms with Crippen LogP contribution in [0.1, 0.15) is 104 Å². The monoisotopic (exact) mass is 412 g/mol. The van der Waals surface area contributed by atoms with Crippen LogP contribution in [0.25, 0.3) is 0 Å². The molecule has 0 aromatic carbocycles. The second kappa shape index (κ2) is 19.1. The third kappa shape index (κ3) is 14.8. The van der Waals surface area contributed by atoms with Gasteiger partial charge >= 0.3 is 11.9 Å². The highest BCUT2D eigenvalue weighted by molar-refractivity contribution is 7.83. The molecule has 162 valence electrons. The van der Waals surface area contributed by atoms with Crippen LogP contribution in [-0.2, 0) is 19.1 Å². The van der Waals surface area contributed by atoms with Crippen LogP contribution in [0.15, 0.2) is 22.8 Å². The lowest BCUT2D eigenvalue weighted by Crippen LogP contribution is -2.09. The number of hydrogen-bond acceptors (Lipinski definition) is 5. The third-order valence-electron chi connectivity index (χ3n) is 4.61. The highest BCUT2D eigenvalue weighted by Gasteiger charge is 2.11. The predicted molar refractivity (Wildman–Crippen MR) is 119 cm³/mol. The molecule has 0 amide bonds. The molecule has 4 nitrogen and oxygen atoms in total. The second-order valence-corrected chi connectivity index (χ2v) is 7.54. The zero-order valence-electron chi connectivity index (χ0n) is 18.1. The molecule has 0 aliphatic carbocycles. The predicted octanol–water partition coefficient (Wildman–Crippen LogP) is 6.90. The van der Waals surface area contributed by atoms with E-state index in [9.17, 15) is 9.59 Å². The summed E-state index contributed by atoms with van der Waals surface area (Å²) in [6.07, 6.45) is 16.1. The molecule has 0 saturated heterocycles. The first-order valence-corrected chi connectivity index (χ1v) is 11.5. The van der Waals surface area contributed by atoms with E-state index >= 15 is 0 Å². The first-order valence-electron chi connectivity index (χ1n) is 10.9. The molecule has 0 aliphatic rings. The average molecular weight is 413 g/mol.